The van der Waals surface area contributed by atoms with E-state index in [4.69, 9.17) is 5.73 Å². The molecule has 1 aliphatic rings. The minimum Gasteiger partial charge on any atom is -0.329 e. The molecule has 1 aromatic carbocycles. The third-order valence-corrected chi connectivity index (χ3v) is 3.90. The number of halogens is 3. The van der Waals surface area contributed by atoms with Crippen molar-refractivity contribution in [2.75, 3.05) is 11.9 Å². The normalized spacial score (nSPS) is 18.0. The predicted octanol–water partition coefficient (Wildman–Crippen LogP) is 3.16. The summed E-state index contributed by atoms with van der Waals surface area (Å²) in [7, 11) is 0. The Kier molecular flexibility index (Phi) is 4.04. The number of anilines is 1. The summed E-state index contributed by atoms with van der Waals surface area (Å²) >= 11 is 0. The van der Waals surface area contributed by atoms with Crippen LogP contribution in [-0.4, -0.2) is 12.5 Å². The highest BCUT2D eigenvalue weighted by Crippen LogP contribution is 2.38. The molecule has 20 heavy (non-hydrogen) atoms. The average molecular weight is 286 g/mol. The van der Waals surface area contributed by atoms with E-state index in [0.29, 0.717) is 5.69 Å². The number of nitrogens with one attached hydrogen (secondary N) is 1. The SMILES string of the molecule is NCC1(C(=O)Nc2ccc(C(F)(F)F)cc2)CCCC1. The summed E-state index contributed by atoms with van der Waals surface area (Å²) < 4.78 is 37.3. The number of rotatable bonds is 3. The van der Waals surface area contributed by atoms with Gasteiger partial charge >= 0.3 is 6.18 Å². The minimum absolute atomic E-state index is 0.197. The summed E-state index contributed by atoms with van der Waals surface area (Å²) in [5.41, 5.74) is 4.76. The van der Waals surface area contributed by atoms with E-state index in [0.717, 1.165) is 37.8 Å². The van der Waals surface area contributed by atoms with E-state index in [1.807, 2.05) is 0 Å². The molecular weight excluding hydrogens is 269 g/mol. The fourth-order valence-electron chi connectivity index (χ4n) is 2.58. The number of nitrogens with two attached hydrogens (primary N) is 1. The monoisotopic (exact) mass is 286 g/mol. The van der Waals surface area contributed by atoms with Crippen molar-refractivity contribution in [3.63, 3.8) is 0 Å². The summed E-state index contributed by atoms with van der Waals surface area (Å²) in [6, 6.07) is 4.44. The van der Waals surface area contributed by atoms with Gasteiger partial charge in [-0.3, -0.25) is 4.79 Å². The van der Waals surface area contributed by atoms with Crippen molar-refractivity contribution in [1.29, 1.82) is 0 Å². The van der Waals surface area contributed by atoms with Gasteiger partial charge in [-0.1, -0.05) is 12.8 Å². The number of alkyl halides is 3. The summed E-state index contributed by atoms with van der Waals surface area (Å²) in [4.78, 5) is 12.2. The van der Waals surface area contributed by atoms with Crippen LogP contribution in [0.4, 0.5) is 18.9 Å². The Morgan fingerprint density at radius 1 is 1.20 bits per heavy atom. The lowest BCUT2D eigenvalue weighted by molar-refractivity contribution is -0.137. The molecule has 1 amide bonds. The maximum absolute atomic E-state index is 12.4. The first kappa shape index (κ1) is 14.8. The first-order valence-corrected chi connectivity index (χ1v) is 6.56. The van der Waals surface area contributed by atoms with Crippen LogP contribution in [0.2, 0.25) is 0 Å². The minimum atomic E-state index is -4.37. The van der Waals surface area contributed by atoms with Crippen LogP contribution >= 0.6 is 0 Å². The van der Waals surface area contributed by atoms with Gasteiger partial charge in [0.1, 0.15) is 0 Å². The van der Waals surface area contributed by atoms with E-state index in [1.54, 1.807) is 0 Å². The van der Waals surface area contributed by atoms with Crippen molar-refractivity contribution in [3.8, 4) is 0 Å². The number of amides is 1. The van der Waals surface area contributed by atoms with E-state index in [2.05, 4.69) is 5.32 Å². The Morgan fingerprint density at radius 2 is 1.75 bits per heavy atom. The fourth-order valence-corrected chi connectivity index (χ4v) is 2.58. The molecule has 3 N–H and O–H groups in total. The molecule has 0 heterocycles. The molecule has 110 valence electrons. The van der Waals surface area contributed by atoms with E-state index < -0.39 is 17.2 Å². The molecule has 1 fully saturated rings. The van der Waals surface area contributed by atoms with E-state index >= 15 is 0 Å². The highest BCUT2D eigenvalue weighted by Gasteiger charge is 2.39. The lowest BCUT2D eigenvalue weighted by Crippen LogP contribution is -2.40. The second kappa shape index (κ2) is 5.44. The predicted molar refractivity (Wildman–Crippen MR) is 70.0 cm³/mol. The molecule has 0 aromatic heterocycles. The first-order chi connectivity index (χ1) is 9.37. The third kappa shape index (κ3) is 2.95. The lowest BCUT2D eigenvalue weighted by Gasteiger charge is -2.25. The Bertz CT molecular complexity index is 476. The van der Waals surface area contributed by atoms with Gasteiger partial charge in [0.2, 0.25) is 5.91 Å². The fraction of sp³-hybridized carbons (Fsp3) is 0.500. The Labute approximate surface area is 115 Å². The molecule has 0 radical (unpaired) electrons. The zero-order chi connectivity index (χ0) is 14.8. The summed E-state index contributed by atoms with van der Waals surface area (Å²) in [6.45, 7) is 0.263. The zero-order valence-electron chi connectivity index (χ0n) is 11.0. The Morgan fingerprint density at radius 3 is 2.20 bits per heavy atom. The quantitative estimate of drug-likeness (QED) is 0.896. The summed E-state index contributed by atoms with van der Waals surface area (Å²) in [5.74, 6) is -0.197. The smallest absolute Gasteiger partial charge is 0.329 e. The molecule has 0 saturated heterocycles. The van der Waals surface area contributed by atoms with Gasteiger partial charge in [0, 0.05) is 12.2 Å². The molecule has 1 aromatic rings. The highest BCUT2D eigenvalue weighted by molar-refractivity contribution is 5.95. The Hall–Kier alpha value is -1.56. The van der Waals surface area contributed by atoms with Crippen LogP contribution < -0.4 is 11.1 Å². The number of benzene rings is 1. The van der Waals surface area contributed by atoms with Crippen molar-refractivity contribution in [3.05, 3.63) is 29.8 Å². The second-order valence-corrected chi connectivity index (χ2v) is 5.22. The van der Waals surface area contributed by atoms with Crippen LogP contribution in [-0.2, 0) is 11.0 Å². The lowest BCUT2D eigenvalue weighted by atomic mass is 9.85. The number of hydrogen-bond donors (Lipinski definition) is 2. The van der Waals surface area contributed by atoms with Crippen molar-refractivity contribution >= 4 is 11.6 Å². The average Bonchev–Trinajstić information content (AvgIpc) is 2.88. The van der Waals surface area contributed by atoms with Crippen LogP contribution in [0, 0.1) is 5.41 Å². The highest BCUT2D eigenvalue weighted by atomic mass is 19.4. The number of carbonyl (C=O) groups excluding carboxylic acids is 1. The standard InChI is InChI=1S/C14H17F3N2O/c15-14(16,17)10-3-5-11(6-4-10)19-12(20)13(9-18)7-1-2-8-13/h3-6H,1-2,7-9,18H2,(H,19,20). The van der Waals surface area contributed by atoms with Gasteiger partial charge < -0.3 is 11.1 Å². The van der Waals surface area contributed by atoms with Crippen LogP contribution in [0.5, 0.6) is 0 Å². The van der Waals surface area contributed by atoms with Gasteiger partial charge in [-0.05, 0) is 37.1 Å². The second-order valence-electron chi connectivity index (χ2n) is 5.22. The number of carbonyl (C=O) groups is 1. The van der Waals surface area contributed by atoms with E-state index in [1.165, 1.54) is 12.1 Å². The summed E-state index contributed by atoms with van der Waals surface area (Å²) in [6.07, 6.45) is -0.992. The molecule has 6 heteroatoms. The molecule has 3 nitrogen and oxygen atoms in total. The zero-order valence-corrected chi connectivity index (χ0v) is 11.0. The molecule has 0 bridgehead atoms. The molecule has 0 atom stereocenters. The molecule has 1 aliphatic carbocycles. The van der Waals surface area contributed by atoms with Gasteiger partial charge in [0.25, 0.3) is 0 Å². The van der Waals surface area contributed by atoms with Crippen LogP contribution in [0.15, 0.2) is 24.3 Å². The molecule has 0 spiro atoms. The van der Waals surface area contributed by atoms with Gasteiger partial charge in [-0.2, -0.15) is 13.2 Å². The van der Waals surface area contributed by atoms with E-state index in [-0.39, 0.29) is 12.5 Å². The molecule has 0 aliphatic heterocycles. The molecular formula is C14H17F3N2O. The first-order valence-electron chi connectivity index (χ1n) is 6.56. The molecule has 0 unspecified atom stereocenters. The van der Waals surface area contributed by atoms with E-state index in [9.17, 15) is 18.0 Å². The number of hydrogen-bond acceptors (Lipinski definition) is 2. The van der Waals surface area contributed by atoms with Crippen LogP contribution in [0.25, 0.3) is 0 Å². The van der Waals surface area contributed by atoms with Crippen molar-refractivity contribution in [1.82, 2.24) is 0 Å². The van der Waals surface area contributed by atoms with Gasteiger partial charge in [-0.25, -0.2) is 0 Å². The van der Waals surface area contributed by atoms with Crippen molar-refractivity contribution in [2.24, 2.45) is 11.1 Å². The largest absolute Gasteiger partial charge is 0.416 e. The molecule has 2 rings (SSSR count). The summed E-state index contributed by atoms with van der Waals surface area (Å²) in [5, 5.41) is 2.67. The van der Waals surface area contributed by atoms with Gasteiger partial charge in [0.05, 0.1) is 11.0 Å². The Balaban J connectivity index is 2.08. The van der Waals surface area contributed by atoms with Crippen molar-refractivity contribution < 1.29 is 18.0 Å². The van der Waals surface area contributed by atoms with Crippen molar-refractivity contribution in [2.45, 2.75) is 31.9 Å². The van der Waals surface area contributed by atoms with Crippen LogP contribution in [0.3, 0.4) is 0 Å². The maximum atomic E-state index is 12.4. The van der Waals surface area contributed by atoms with Crippen LogP contribution in [0.1, 0.15) is 31.2 Å². The third-order valence-electron chi connectivity index (χ3n) is 3.90. The van der Waals surface area contributed by atoms with Gasteiger partial charge in [-0.15, -0.1) is 0 Å². The van der Waals surface area contributed by atoms with Gasteiger partial charge in [0.15, 0.2) is 0 Å². The maximum Gasteiger partial charge on any atom is 0.416 e. The molecule has 1 saturated carbocycles. The topological polar surface area (TPSA) is 55.1 Å².